The molecule has 0 aliphatic carbocycles. The number of aryl methyl sites for hydroxylation is 1. The fourth-order valence-electron chi connectivity index (χ4n) is 4.99. The van der Waals surface area contributed by atoms with Gasteiger partial charge in [0.1, 0.15) is 18.4 Å². The summed E-state index contributed by atoms with van der Waals surface area (Å²) in [7, 11) is -4.60. The molecule has 48 heavy (non-hydrogen) atoms. The SMILES string of the molecule is CC[C@H](C)NC(=O)[C@H](Cc1ccccc1)N(Cc1ccc(F)cc1)C(=O)CN(c1cccc(C(F)(F)F)c1)S(=O)(=O)c1ccc(C)cc1. The molecule has 4 aromatic carbocycles. The summed E-state index contributed by atoms with van der Waals surface area (Å²) in [5.74, 6) is -1.88. The lowest BCUT2D eigenvalue weighted by Crippen LogP contribution is -2.54. The third-order valence-corrected chi connectivity index (χ3v) is 9.68. The molecule has 12 heteroatoms. The van der Waals surface area contributed by atoms with Crippen LogP contribution in [-0.4, -0.2) is 43.8 Å². The van der Waals surface area contributed by atoms with Crippen molar-refractivity contribution < 1.29 is 35.6 Å². The van der Waals surface area contributed by atoms with Crippen LogP contribution in [0.5, 0.6) is 0 Å². The van der Waals surface area contributed by atoms with Gasteiger partial charge < -0.3 is 10.2 Å². The summed E-state index contributed by atoms with van der Waals surface area (Å²) < 4.78 is 84.0. The molecule has 0 heterocycles. The average Bonchev–Trinajstić information content (AvgIpc) is 3.06. The van der Waals surface area contributed by atoms with Crippen molar-refractivity contribution in [3.63, 3.8) is 0 Å². The summed E-state index contributed by atoms with van der Waals surface area (Å²) in [5.41, 5.74) is 0.419. The van der Waals surface area contributed by atoms with E-state index in [0.29, 0.717) is 27.9 Å². The molecule has 1 N–H and O–H groups in total. The lowest BCUT2D eigenvalue weighted by molar-refractivity contribution is -0.140. The Hall–Kier alpha value is -4.71. The molecule has 0 fully saturated rings. The van der Waals surface area contributed by atoms with Crippen molar-refractivity contribution in [3.05, 3.63) is 131 Å². The quantitative estimate of drug-likeness (QED) is 0.155. The maximum atomic E-state index is 14.4. The highest BCUT2D eigenvalue weighted by Crippen LogP contribution is 2.33. The van der Waals surface area contributed by atoms with Gasteiger partial charge in [-0.25, -0.2) is 12.8 Å². The maximum absolute atomic E-state index is 14.4. The average molecular weight is 684 g/mol. The van der Waals surface area contributed by atoms with Gasteiger partial charge in [0.15, 0.2) is 0 Å². The third kappa shape index (κ3) is 9.21. The first kappa shape index (κ1) is 36.1. The number of halogens is 4. The Labute approximate surface area is 278 Å². The van der Waals surface area contributed by atoms with Gasteiger partial charge in [0, 0.05) is 19.0 Å². The molecule has 2 atom stereocenters. The van der Waals surface area contributed by atoms with Crippen LogP contribution in [0.25, 0.3) is 0 Å². The van der Waals surface area contributed by atoms with Crippen molar-refractivity contribution in [1.82, 2.24) is 10.2 Å². The van der Waals surface area contributed by atoms with Crippen LogP contribution in [-0.2, 0) is 38.8 Å². The van der Waals surface area contributed by atoms with Gasteiger partial charge in [-0.15, -0.1) is 0 Å². The van der Waals surface area contributed by atoms with E-state index in [1.807, 2.05) is 6.92 Å². The summed E-state index contributed by atoms with van der Waals surface area (Å²) >= 11 is 0. The van der Waals surface area contributed by atoms with Gasteiger partial charge in [-0.2, -0.15) is 13.2 Å². The first-order valence-electron chi connectivity index (χ1n) is 15.3. The Morgan fingerprint density at radius 3 is 2.10 bits per heavy atom. The van der Waals surface area contributed by atoms with Gasteiger partial charge in [-0.05, 0) is 73.9 Å². The first-order valence-corrected chi connectivity index (χ1v) is 16.8. The Kier molecular flexibility index (Phi) is 11.6. The molecule has 0 unspecified atom stereocenters. The Balaban J connectivity index is 1.84. The zero-order chi connectivity index (χ0) is 35.1. The van der Waals surface area contributed by atoms with E-state index in [2.05, 4.69) is 5.32 Å². The van der Waals surface area contributed by atoms with Crippen LogP contribution >= 0.6 is 0 Å². The van der Waals surface area contributed by atoms with Gasteiger partial charge in [0.25, 0.3) is 10.0 Å². The summed E-state index contributed by atoms with van der Waals surface area (Å²) in [4.78, 5) is 29.3. The van der Waals surface area contributed by atoms with E-state index < -0.39 is 52.0 Å². The van der Waals surface area contributed by atoms with E-state index in [0.717, 1.165) is 17.7 Å². The predicted octanol–water partition coefficient (Wildman–Crippen LogP) is 6.90. The fraction of sp³-hybridized carbons (Fsp3) is 0.278. The number of sulfonamides is 1. The Morgan fingerprint density at radius 1 is 0.854 bits per heavy atom. The number of anilines is 1. The number of nitrogens with one attached hydrogen (secondary N) is 1. The van der Waals surface area contributed by atoms with Crippen molar-refractivity contribution in [2.45, 2.75) is 63.3 Å². The van der Waals surface area contributed by atoms with Crippen molar-refractivity contribution in [1.29, 1.82) is 0 Å². The van der Waals surface area contributed by atoms with Crippen molar-refractivity contribution >= 4 is 27.5 Å². The third-order valence-electron chi connectivity index (χ3n) is 7.89. The molecule has 0 aliphatic heterocycles. The highest BCUT2D eigenvalue weighted by molar-refractivity contribution is 7.92. The smallest absolute Gasteiger partial charge is 0.352 e. The molecule has 0 spiro atoms. The van der Waals surface area contributed by atoms with Crippen LogP contribution in [0.1, 0.15) is 42.5 Å². The van der Waals surface area contributed by atoms with Crippen molar-refractivity contribution in [2.24, 2.45) is 0 Å². The minimum atomic E-state index is -4.79. The van der Waals surface area contributed by atoms with E-state index in [1.54, 1.807) is 44.2 Å². The van der Waals surface area contributed by atoms with Crippen LogP contribution in [0.15, 0.2) is 108 Å². The van der Waals surface area contributed by atoms with Crippen LogP contribution in [0, 0.1) is 12.7 Å². The zero-order valence-corrected chi connectivity index (χ0v) is 27.6. The number of hydrogen-bond donors (Lipinski definition) is 1. The molecule has 0 aromatic heterocycles. The Morgan fingerprint density at radius 2 is 1.50 bits per heavy atom. The number of rotatable bonds is 13. The molecule has 254 valence electrons. The van der Waals surface area contributed by atoms with Gasteiger partial charge >= 0.3 is 6.18 Å². The minimum absolute atomic E-state index is 0.0459. The molecular weight excluding hydrogens is 646 g/mol. The van der Waals surface area contributed by atoms with Crippen LogP contribution < -0.4 is 9.62 Å². The normalized spacial score (nSPS) is 13.0. The summed E-state index contributed by atoms with van der Waals surface area (Å²) in [6, 6.07) is 22.1. The molecule has 0 bridgehead atoms. The number of carbonyl (C=O) groups is 2. The van der Waals surface area contributed by atoms with E-state index >= 15 is 0 Å². The monoisotopic (exact) mass is 683 g/mol. The number of alkyl halides is 3. The van der Waals surface area contributed by atoms with Gasteiger partial charge in [-0.3, -0.25) is 13.9 Å². The molecule has 4 aromatic rings. The second kappa shape index (κ2) is 15.5. The second-order valence-corrected chi connectivity index (χ2v) is 13.4. The first-order chi connectivity index (χ1) is 22.7. The van der Waals surface area contributed by atoms with Crippen molar-refractivity contribution in [2.75, 3.05) is 10.8 Å². The van der Waals surface area contributed by atoms with Crippen molar-refractivity contribution in [3.8, 4) is 0 Å². The number of amides is 2. The van der Waals surface area contributed by atoms with Gasteiger partial charge in [0.05, 0.1) is 16.1 Å². The highest BCUT2D eigenvalue weighted by atomic mass is 32.2. The molecule has 0 saturated heterocycles. The molecule has 0 radical (unpaired) electrons. The summed E-state index contributed by atoms with van der Waals surface area (Å²) in [5, 5.41) is 2.90. The maximum Gasteiger partial charge on any atom is 0.416 e. The van der Waals surface area contributed by atoms with Crippen LogP contribution in [0.4, 0.5) is 23.2 Å². The predicted molar refractivity (Wildman–Crippen MR) is 176 cm³/mol. The molecule has 7 nitrogen and oxygen atoms in total. The Bertz CT molecular complexity index is 1800. The molecule has 4 rings (SSSR count). The fourth-order valence-corrected chi connectivity index (χ4v) is 6.39. The zero-order valence-electron chi connectivity index (χ0n) is 26.7. The van der Waals surface area contributed by atoms with E-state index in [1.165, 1.54) is 59.5 Å². The molecule has 0 aliphatic rings. The topological polar surface area (TPSA) is 86.8 Å². The summed E-state index contributed by atoms with van der Waals surface area (Å²) in [6.07, 6.45) is -4.15. The largest absolute Gasteiger partial charge is 0.416 e. The lowest BCUT2D eigenvalue weighted by Gasteiger charge is -2.34. The standard InChI is InChI=1S/C36H37F4N3O4S/c1-4-26(3)41-35(45)33(21-27-9-6-5-7-10-27)42(23-28-15-17-30(37)18-16-28)34(44)24-43(31-12-8-11-29(22-31)36(38,39)40)48(46,47)32-19-13-25(2)14-20-32/h5-20,22,26,33H,4,21,23-24H2,1-3H3,(H,41,45)/t26-,33-/m0/s1. The van der Waals surface area contributed by atoms with Crippen LogP contribution in [0.3, 0.4) is 0 Å². The number of nitrogens with zero attached hydrogens (tertiary/aromatic N) is 2. The number of hydrogen-bond acceptors (Lipinski definition) is 4. The highest BCUT2D eigenvalue weighted by Gasteiger charge is 2.36. The number of carbonyl (C=O) groups excluding carboxylic acids is 2. The minimum Gasteiger partial charge on any atom is -0.352 e. The van der Waals surface area contributed by atoms with E-state index in [-0.39, 0.29) is 29.6 Å². The van der Waals surface area contributed by atoms with Gasteiger partial charge in [-0.1, -0.05) is 73.2 Å². The van der Waals surface area contributed by atoms with E-state index in [4.69, 9.17) is 0 Å². The second-order valence-electron chi connectivity index (χ2n) is 11.5. The number of benzene rings is 4. The van der Waals surface area contributed by atoms with E-state index in [9.17, 15) is 35.6 Å². The molecular formula is C36H37F4N3O4S. The van der Waals surface area contributed by atoms with Crippen LogP contribution in [0.2, 0.25) is 0 Å². The lowest BCUT2D eigenvalue weighted by atomic mass is 10.0. The summed E-state index contributed by atoms with van der Waals surface area (Å²) in [6.45, 7) is 4.27. The molecule has 0 saturated carbocycles. The van der Waals surface area contributed by atoms with Gasteiger partial charge in [0.2, 0.25) is 11.8 Å². The molecule has 2 amide bonds.